The number of nitrogens with zero attached hydrogens (tertiary/aromatic N) is 3. The molecule has 43 heavy (non-hydrogen) atoms. The lowest BCUT2D eigenvalue weighted by atomic mass is 9.78. The van der Waals surface area contributed by atoms with Crippen molar-refractivity contribution < 1.29 is 18.8 Å². The molecule has 0 saturated carbocycles. The smallest absolute Gasteiger partial charge is 0.473 e. The van der Waals surface area contributed by atoms with Crippen LogP contribution in [0.4, 0.5) is 0 Å². The maximum Gasteiger partial charge on any atom is 0.494 e. The number of benzene rings is 3. The van der Waals surface area contributed by atoms with Gasteiger partial charge in [-0.25, -0.2) is 0 Å². The fourth-order valence-corrected chi connectivity index (χ4v) is 5.12. The fraction of sp³-hybridized carbons (Fsp3) is 0.314. The Bertz CT molecular complexity index is 1700. The zero-order chi connectivity index (χ0) is 30.2. The summed E-state index contributed by atoms with van der Waals surface area (Å²) >= 11 is 0. The van der Waals surface area contributed by atoms with E-state index in [2.05, 4.69) is 59.7 Å². The van der Waals surface area contributed by atoms with Crippen LogP contribution in [0.15, 0.2) is 91.0 Å². The maximum absolute atomic E-state index is 6.36. The van der Waals surface area contributed by atoms with Gasteiger partial charge in [-0.15, -0.1) is 0 Å². The third-order valence-electron chi connectivity index (χ3n) is 8.28. The molecule has 3 heterocycles. The molecular formula is C35H38BN3O4. The summed E-state index contributed by atoms with van der Waals surface area (Å²) < 4.78 is 27.2. The SMILES string of the molecule is CC(C)n1nc(-c2ccc(OCc3ccccc3)nc2OCc2ccccc2)c2ccc(B3OC(C)(C)C(C)(C)O3)cc21. The first-order valence-electron chi connectivity index (χ1n) is 14.8. The lowest BCUT2D eigenvalue weighted by Gasteiger charge is -2.32. The van der Waals surface area contributed by atoms with Crippen molar-refractivity contribution in [1.82, 2.24) is 14.8 Å². The number of fused-ring (bicyclic) bond motifs is 1. The third kappa shape index (κ3) is 5.90. The van der Waals surface area contributed by atoms with Crippen molar-refractivity contribution in [2.75, 3.05) is 0 Å². The van der Waals surface area contributed by atoms with Gasteiger partial charge in [0, 0.05) is 17.5 Å². The highest BCUT2D eigenvalue weighted by atomic mass is 16.7. The summed E-state index contributed by atoms with van der Waals surface area (Å²) in [5.74, 6) is 0.964. The van der Waals surface area contributed by atoms with Crippen LogP contribution in [0, 0.1) is 0 Å². The first-order chi connectivity index (χ1) is 20.6. The lowest BCUT2D eigenvalue weighted by molar-refractivity contribution is 0.00578. The van der Waals surface area contributed by atoms with Crippen LogP contribution in [-0.4, -0.2) is 33.1 Å². The van der Waals surface area contributed by atoms with Gasteiger partial charge in [0.25, 0.3) is 0 Å². The van der Waals surface area contributed by atoms with E-state index in [1.165, 1.54) is 0 Å². The van der Waals surface area contributed by atoms with Gasteiger partial charge in [-0.2, -0.15) is 10.1 Å². The van der Waals surface area contributed by atoms with Crippen LogP contribution in [0.1, 0.15) is 58.7 Å². The summed E-state index contributed by atoms with van der Waals surface area (Å²) in [7, 11) is -0.458. The number of hydrogen-bond acceptors (Lipinski definition) is 6. The highest BCUT2D eigenvalue weighted by Crippen LogP contribution is 2.38. The van der Waals surface area contributed by atoms with Crippen LogP contribution in [0.3, 0.4) is 0 Å². The molecule has 0 bridgehead atoms. The molecule has 3 aromatic carbocycles. The Balaban J connectivity index is 1.38. The van der Waals surface area contributed by atoms with Crippen molar-refractivity contribution in [3.8, 4) is 23.0 Å². The summed E-state index contributed by atoms with van der Waals surface area (Å²) in [5.41, 5.74) is 4.84. The molecule has 0 N–H and O–H groups in total. The predicted molar refractivity (Wildman–Crippen MR) is 171 cm³/mol. The normalized spacial score (nSPS) is 15.7. The van der Waals surface area contributed by atoms with Crippen molar-refractivity contribution in [3.63, 3.8) is 0 Å². The van der Waals surface area contributed by atoms with Gasteiger partial charge in [-0.1, -0.05) is 72.8 Å². The lowest BCUT2D eigenvalue weighted by Crippen LogP contribution is -2.41. The second-order valence-electron chi connectivity index (χ2n) is 12.3. The Morgan fingerprint density at radius 1 is 0.767 bits per heavy atom. The average Bonchev–Trinajstić information content (AvgIpc) is 3.48. The monoisotopic (exact) mass is 575 g/mol. The van der Waals surface area contributed by atoms with Crippen LogP contribution in [-0.2, 0) is 22.5 Å². The Morgan fingerprint density at radius 3 is 1.98 bits per heavy atom. The molecule has 5 aromatic rings. The van der Waals surface area contributed by atoms with E-state index in [9.17, 15) is 0 Å². The first-order valence-corrected chi connectivity index (χ1v) is 14.8. The van der Waals surface area contributed by atoms with E-state index < -0.39 is 18.3 Å². The van der Waals surface area contributed by atoms with Gasteiger partial charge < -0.3 is 18.8 Å². The molecule has 1 fully saturated rings. The molecule has 0 spiro atoms. The molecule has 0 amide bonds. The Morgan fingerprint density at radius 2 is 1.37 bits per heavy atom. The van der Waals surface area contributed by atoms with E-state index in [0.29, 0.717) is 25.0 Å². The number of hydrogen-bond donors (Lipinski definition) is 0. The minimum atomic E-state index is -0.458. The minimum Gasteiger partial charge on any atom is -0.473 e. The number of pyridine rings is 1. The van der Waals surface area contributed by atoms with E-state index in [-0.39, 0.29) is 6.04 Å². The molecule has 220 valence electrons. The summed E-state index contributed by atoms with van der Waals surface area (Å²) in [4.78, 5) is 4.82. The highest BCUT2D eigenvalue weighted by Gasteiger charge is 2.51. The van der Waals surface area contributed by atoms with Crippen LogP contribution in [0.5, 0.6) is 11.8 Å². The number of aromatic nitrogens is 3. The molecule has 2 aromatic heterocycles. The first kappa shape index (κ1) is 29.0. The van der Waals surface area contributed by atoms with Crippen LogP contribution >= 0.6 is 0 Å². The topological polar surface area (TPSA) is 67.6 Å². The van der Waals surface area contributed by atoms with Crippen LogP contribution in [0.2, 0.25) is 0 Å². The Hall–Kier alpha value is -4.14. The second-order valence-corrected chi connectivity index (χ2v) is 12.3. The number of rotatable bonds is 9. The third-order valence-corrected chi connectivity index (χ3v) is 8.28. The van der Waals surface area contributed by atoms with Gasteiger partial charge in [0.05, 0.1) is 22.3 Å². The van der Waals surface area contributed by atoms with E-state index in [0.717, 1.165) is 38.8 Å². The second kappa shape index (κ2) is 11.5. The summed E-state index contributed by atoms with van der Waals surface area (Å²) in [5, 5.41) is 6.10. The molecule has 1 aliphatic heterocycles. The Labute approximate surface area is 253 Å². The van der Waals surface area contributed by atoms with E-state index in [4.69, 9.17) is 28.9 Å². The van der Waals surface area contributed by atoms with E-state index in [1.54, 1.807) is 0 Å². The molecular weight excluding hydrogens is 537 g/mol. The zero-order valence-corrected chi connectivity index (χ0v) is 25.7. The van der Waals surface area contributed by atoms with Gasteiger partial charge in [0.15, 0.2) is 0 Å². The van der Waals surface area contributed by atoms with Crippen molar-refractivity contribution in [2.24, 2.45) is 0 Å². The molecule has 1 saturated heterocycles. The maximum atomic E-state index is 6.36. The highest BCUT2D eigenvalue weighted by molar-refractivity contribution is 6.62. The molecule has 0 atom stereocenters. The van der Waals surface area contributed by atoms with Crippen LogP contribution < -0.4 is 14.9 Å². The molecule has 0 radical (unpaired) electrons. The molecule has 0 unspecified atom stereocenters. The quantitative estimate of drug-likeness (QED) is 0.174. The molecule has 1 aliphatic rings. The molecule has 7 nitrogen and oxygen atoms in total. The molecule has 6 rings (SSSR count). The Kier molecular flexibility index (Phi) is 7.75. The average molecular weight is 576 g/mol. The van der Waals surface area contributed by atoms with Crippen molar-refractivity contribution >= 4 is 23.5 Å². The fourth-order valence-electron chi connectivity index (χ4n) is 5.12. The molecule has 8 heteroatoms. The van der Waals surface area contributed by atoms with Gasteiger partial charge in [-0.05, 0) is 70.3 Å². The molecule has 0 aliphatic carbocycles. The summed E-state index contributed by atoms with van der Waals surface area (Å²) in [6.07, 6.45) is 0. The summed E-state index contributed by atoms with van der Waals surface area (Å²) in [6, 6.07) is 30.4. The zero-order valence-electron chi connectivity index (χ0n) is 25.7. The van der Waals surface area contributed by atoms with Gasteiger partial charge >= 0.3 is 7.12 Å². The van der Waals surface area contributed by atoms with Crippen molar-refractivity contribution in [3.05, 3.63) is 102 Å². The van der Waals surface area contributed by atoms with Crippen LogP contribution in [0.25, 0.3) is 22.2 Å². The van der Waals surface area contributed by atoms with E-state index in [1.807, 2.05) is 77.5 Å². The van der Waals surface area contributed by atoms with E-state index >= 15 is 0 Å². The van der Waals surface area contributed by atoms with Crippen molar-refractivity contribution in [1.29, 1.82) is 0 Å². The van der Waals surface area contributed by atoms with Gasteiger partial charge in [-0.3, -0.25) is 4.68 Å². The summed E-state index contributed by atoms with van der Waals surface area (Å²) in [6.45, 7) is 13.3. The minimum absolute atomic E-state index is 0.125. The van der Waals surface area contributed by atoms with Gasteiger partial charge in [0.1, 0.15) is 18.9 Å². The predicted octanol–water partition coefficient (Wildman–Crippen LogP) is 7.14. The number of ether oxygens (including phenoxy) is 2. The standard InChI is InChI=1S/C35H38BN3O4/c1-24(2)39-30-21-27(36-42-34(3,4)35(5,6)43-36)17-18-28(30)32(38-39)29-19-20-31(40-22-25-13-9-7-10-14-25)37-33(29)41-23-26-15-11-8-12-16-26/h7-21,24H,22-23H2,1-6H3. The van der Waals surface area contributed by atoms with Crippen molar-refractivity contribution in [2.45, 2.75) is 72.0 Å². The van der Waals surface area contributed by atoms with Gasteiger partial charge in [0.2, 0.25) is 11.8 Å². The largest absolute Gasteiger partial charge is 0.494 e.